The van der Waals surface area contributed by atoms with Gasteiger partial charge in [-0.1, -0.05) is 11.6 Å². The Morgan fingerprint density at radius 3 is 2.94 bits per heavy atom. The van der Waals surface area contributed by atoms with Crippen molar-refractivity contribution >= 4 is 27.5 Å². The van der Waals surface area contributed by atoms with E-state index in [1.807, 2.05) is 6.07 Å². The number of nitriles is 1. The van der Waals surface area contributed by atoms with Crippen molar-refractivity contribution in [3.63, 3.8) is 0 Å². The molecule has 3 nitrogen and oxygen atoms in total. The number of hydrogen-bond acceptors (Lipinski definition) is 2. The molecule has 0 saturated carbocycles. The Labute approximate surface area is 111 Å². The average molecular weight is 315 g/mol. The number of rotatable bonds is 2. The summed E-state index contributed by atoms with van der Waals surface area (Å²) in [6, 6.07) is 6.36. The van der Waals surface area contributed by atoms with Crippen molar-refractivity contribution in [2.45, 2.75) is 6.54 Å². The summed E-state index contributed by atoms with van der Waals surface area (Å²) in [6.07, 6.45) is 1.69. The van der Waals surface area contributed by atoms with Gasteiger partial charge in [0.1, 0.15) is 18.1 Å². The third kappa shape index (κ3) is 2.48. The molecule has 0 aliphatic heterocycles. The molecule has 0 amide bonds. The fourth-order valence-electron chi connectivity index (χ4n) is 1.39. The zero-order chi connectivity index (χ0) is 12.4. The normalized spacial score (nSPS) is 10.2. The molecule has 0 radical (unpaired) electrons. The van der Waals surface area contributed by atoms with Crippen molar-refractivity contribution in [1.82, 2.24) is 9.78 Å². The molecule has 1 heterocycles. The standard InChI is InChI=1S/C11H6BrClFN3/c12-8-6-17(4-3-15)16-11(8)7-1-2-10(14)9(13)5-7/h1-2,5-6H,4H2. The van der Waals surface area contributed by atoms with Gasteiger partial charge < -0.3 is 0 Å². The highest BCUT2D eigenvalue weighted by Crippen LogP contribution is 2.29. The smallest absolute Gasteiger partial charge is 0.141 e. The van der Waals surface area contributed by atoms with Crippen LogP contribution in [0.2, 0.25) is 5.02 Å². The Balaban J connectivity index is 2.46. The second-order valence-corrected chi connectivity index (χ2v) is 4.57. The first-order chi connectivity index (χ1) is 8.11. The van der Waals surface area contributed by atoms with Crippen molar-refractivity contribution < 1.29 is 4.39 Å². The minimum Gasteiger partial charge on any atom is -0.257 e. The SMILES string of the molecule is N#CCn1cc(Br)c(-c2ccc(F)c(Cl)c2)n1. The third-order valence-corrected chi connectivity index (χ3v) is 3.01. The summed E-state index contributed by atoms with van der Waals surface area (Å²) < 4.78 is 15.3. The molecule has 86 valence electrons. The van der Waals surface area contributed by atoms with Crippen LogP contribution < -0.4 is 0 Å². The quantitative estimate of drug-likeness (QED) is 0.849. The molecular formula is C11H6BrClFN3. The van der Waals surface area contributed by atoms with Crippen molar-refractivity contribution in [2.75, 3.05) is 0 Å². The van der Waals surface area contributed by atoms with E-state index >= 15 is 0 Å². The van der Waals surface area contributed by atoms with Gasteiger partial charge in [0.2, 0.25) is 0 Å². The van der Waals surface area contributed by atoms with Crippen molar-refractivity contribution in [2.24, 2.45) is 0 Å². The molecule has 0 aliphatic carbocycles. The van der Waals surface area contributed by atoms with Crippen LogP contribution in [0.15, 0.2) is 28.9 Å². The third-order valence-electron chi connectivity index (χ3n) is 2.14. The predicted octanol–water partition coefficient (Wildman–Crippen LogP) is 3.63. The van der Waals surface area contributed by atoms with Crippen LogP contribution in [0.1, 0.15) is 0 Å². The van der Waals surface area contributed by atoms with Gasteiger partial charge >= 0.3 is 0 Å². The maximum Gasteiger partial charge on any atom is 0.141 e. The van der Waals surface area contributed by atoms with Gasteiger partial charge in [0.05, 0.1) is 15.6 Å². The summed E-state index contributed by atoms with van der Waals surface area (Å²) in [5.41, 5.74) is 1.32. The fourth-order valence-corrected chi connectivity index (χ4v) is 2.11. The predicted molar refractivity (Wildman–Crippen MR) is 65.9 cm³/mol. The molecule has 0 N–H and O–H groups in total. The summed E-state index contributed by atoms with van der Waals surface area (Å²) in [4.78, 5) is 0. The molecule has 6 heteroatoms. The highest BCUT2D eigenvalue weighted by molar-refractivity contribution is 9.10. The molecule has 1 aromatic carbocycles. The molecule has 2 aromatic rings. The first-order valence-corrected chi connectivity index (χ1v) is 5.84. The van der Waals surface area contributed by atoms with Crippen LogP contribution >= 0.6 is 27.5 Å². The topological polar surface area (TPSA) is 41.6 Å². The lowest BCUT2D eigenvalue weighted by Gasteiger charge is -1.99. The van der Waals surface area contributed by atoms with Crippen LogP contribution in [-0.4, -0.2) is 9.78 Å². The van der Waals surface area contributed by atoms with Gasteiger partial charge in [0.25, 0.3) is 0 Å². The van der Waals surface area contributed by atoms with Crippen molar-refractivity contribution in [3.8, 4) is 17.3 Å². The molecular weight excluding hydrogens is 308 g/mol. The highest BCUT2D eigenvalue weighted by atomic mass is 79.9. The first-order valence-electron chi connectivity index (χ1n) is 4.67. The molecule has 1 aromatic heterocycles. The molecule has 2 rings (SSSR count). The van der Waals surface area contributed by atoms with Gasteiger partial charge in [-0.15, -0.1) is 0 Å². The lowest BCUT2D eigenvalue weighted by molar-refractivity contribution is 0.628. The van der Waals surface area contributed by atoms with E-state index in [1.165, 1.54) is 16.8 Å². The summed E-state index contributed by atoms with van der Waals surface area (Å²) in [5, 5.41) is 12.8. The summed E-state index contributed by atoms with van der Waals surface area (Å²) in [7, 11) is 0. The minimum absolute atomic E-state index is 0.0456. The minimum atomic E-state index is -0.469. The van der Waals surface area contributed by atoms with Crippen LogP contribution in [0.4, 0.5) is 4.39 Å². The number of halogens is 3. The van der Waals surface area contributed by atoms with E-state index in [-0.39, 0.29) is 11.6 Å². The molecule has 0 atom stereocenters. The molecule has 0 aliphatic rings. The van der Waals surface area contributed by atoms with Crippen LogP contribution in [0.3, 0.4) is 0 Å². The number of hydrogen-bond donors (Lipinski definition) is 0. The Hall–Kier alpha value is -1.38. The van der Waals surface area contributed by atoms with Crippen molar-refractivity contribution in [3.05, 3.63) is 39.7 Å². The molecule has 0 saturated heterocycles. The number of nitrogens with zero attached hydrogens (tertiary/aromatic N) is 3. The van der Waals surface area contributed by atoms with Gasteiger partial charge in [-0.3, -0.25) is 4.68 Å². The molecule has 0 unspecified atom stereocenters. The molecule has 17 heavy (non-hydrogen) atoms. The maximum absolute atomic E-state index is 13.0. The zero-order valence-corrected chi connectivity index (χ0v) is 10.8. The van der Waals surface area contributed by atoms with Crippen molar-refractivity contribution in [1.29, 1.82) is 5.26 Å². The van der Waals surface area contributed by atoms with Gasteiger partial charge in [-0.25, -0.2) is 4.39 Å². The number of benzene rings is 1. The van der Waals surface area contributed by atoms with E-state index < -0.39 is 5.82 Å². The summed E-state index contributed by atoms with van der Waals surface area (Å²) >= 11 is 9.04. The van der Waals surface area contributed by atoms with Crippen LogP contribution in [-0.2, 0) is 6.54 Å². The van der Waals surface area contributed by atoms with Gasteiger partial charge in [-0.05, 0) is 34.1 Å². The van der Waals surface area contributed by atoms with E-state index in [9.17, 15) is 4.39 Å². The Morgan fingerprint density at radius 2 is 2.29 bits per heavy atom. The zero-order valence-electron chi connectivity index (χ0n) is 8.49. The van der Waals surface area contributed by atoms with E-state index in [0.717, 1.165) is 4.47 Å². The largest absolute Gasteiger partial charge is 0.257 e. The van der Waals surface area contributed by atoms with E-state index in [0.29, 0.717) is 11.3 Å². The van der Waals surface area contributed by atoms with Gasteiger partial charge in [-0.2, -0.15) is 10.4 Å². The molecule has 0 fully saturated rings. The Bertz CT molecular complexity index is 603. The van der Waals surface area contributed by atoms with E-state index in [4.69, 9.17) is 16.9 Å². The second-order valence-electron chi connectivity index (χ2n) is 3.31. The maximum atomic E-state index is 13.0. The van der Waals surface area contributed by atoms with Crippen LogP contribution in [0.5, 0.6) is 0 Å². The Morgan fingerprint density at radius 1 is 1.53 bits per heavy atom. The Kier molecular flexibility index (Phi) is 3.46. The van der Waals surface area contributed by atoms with Gasteiger partial charge in [0, 0.05) is 11.8 Å². The lowest BCUT2D eigenvalue weighted by Crippen LogP contribution is -1.95. The monoisotopic (exact) mass is 313 g/mol. The van der Waals surface area contributed by atoms with Gasteiger partial charge in [0.15, 0.2) is 0 Å². The summed E-state index contributed by atoms with van der Waals surface area (Å²) in [6.45, 7) is 0.160. The van der Waals surface area contributed by atoms with E-state index in [2.05, 4.69) is 21.0 Å². The van der Waals surface area contributed by atoms with Crippen LogP contribution in [0.25, 0.3) is 11.3 Å². The fraction of sp³-hybridized carbons (Fsp3) is 0.0909. The highest BCUT2D eigenvalue weighted by Gasteiger charge is 2.10. The lowest BCUT2D eigenvalue weighted by atomic mass is 10.1. The molecule has 0 spiro atoms. The first kappa shape index (κ1) is 12.1. The van der Waals surface area contributed by atoms with E-state index in [1.54, 1.807) is 12.3 Å². The summed E-state index contributed by atoms with van der Waals surface area (Å²) in [5.74, 6) is -0.469. The second kappa shape index (κ2) is 4.86. The average Bonchev–Trinajstić information content (AvgIpc) is 2.64. The van der Waals surface area contributed by atoms with Crippen LogP contribution in [0, 0.1) is 17.1 Å². The number of aromatic nitrogens is 2. The molecule has 0 bridgehead atoms.